The molecule has 0 radical (unpaired) electrons. The molecule has 0 heterocycles. The monoisotopic (exact) mass is 188 g/mol. The van der Waals surface area contributed by atoms with Gasteiger partial charge in [-0.15, -0.1) is 0 Å². The molecule has 0 aromatic heterocycles. The van der Waals surface area contributed by atoms with Crippen LogP contribution in [0, 0.1) is 18.8 Å². The van der Waals surface area contributed by atoms with Crippen LogP contribution >= 0.6 is 0 Å². The van der Waals surface area contributed by atoms with Crippen molar-refractivity contribution in [1.82, 2.24) is 0 Å². The van der Waals surface area contributed by atoms with Crippen molar-refractivity contribution in [2.45, 2.75) is 27.7 Å². The highest BCUT2D eigenvalue weighted by atomic mass is 14.2. The molecule has 1 unspecified atom stereocenters. The Bertz CT molecular complexity index is 303. The molecule has 0 spiro atoms. The Morgan fingerprint density at radius 1 is 1.07 bits per heavy atom. The molecule has 14 heavy (non-hydrogen) atoms. The molecule has 0 amide bonds. The highest BCUT2D eigenvalue weighted by Gasteiger charge is 2.12. The Morgan fingerprint density at radius 2 is 1.57 bits per heavy atom. The SMILES string of the molecule is C=C(c1ccc(C)cc1)C(C)C(C)C. The van der Waals surface area contributed by atoms with E-state index in [-0.39, 0.29) is 0 Å². The van der Waals surface area contributed by atoms with E-state index in [2.05, 4.69) is 58.5 Å². The maximum Gasteiger partial charge on any atom is -0.0167 e. The summed E-state index contributed by atoms with van der Waals surface area (Å²) in [6.45, 7) is 13.0. The number of benzene rings is 1. The summed E-state index contributed by atoms with van der Waals surface area (Å²) >= 11 is 0. The van der Waals surface area contributed by atoms with Crippen molar-refractivity contribution in [1.29, 1.82) is 0 Å². The molecule has 1 atom stereocenters. The predicted octanol–water partition coefficient (Wildman–Crippen LogP) is 4.30. The molecule has 0 bridgehead atoms. The molecule has 76 valence electrons. The second-order valence-corrected chi connectivity index (χ2v) is 4.42. The predicted molar refractivity (Wildman–Crippen MR) is 64.2 cm³/mol. The normalized spacial score (nSPS) is 12.9. The van der Waals surface area contributed by atoms with Crippen molar-refractivity contribution in [2.75, 3.05) is 0 Å². The van der Waals surface area contributed by atoms with Crippen LogP contribution in [0.1, 0.15) is 31.9 Å². The van der Waals surface area contributed by atoms with Crippen molar-refractivity contribution in [3.05, 3.63) is 42.0 Å². The molecular weight excluding hydrogens is 168 g/mol. The lowest BCUT2D eigenvalue weighted by atomic mass is 9.87. The van der Waals surface area contributed by atoms with Gasteiger partial charge in [0.2, 0.25) is 0 Å². The van der Waals surface area contributed by atoms with E-state index in [4.69, 9.17) is 0 Å². The Labute approximate surface area is 87.7 Å². The average Bonchev–Trinajstić information content (AvgIpc) is 2.16. The summed E-state index contributed by atoms with van der Waals surface area (Å²) in [4.78, 5) is 0. The number of hydrogen-bond acceptors (Lipinski definition) is 0. The van der Waals surface area contributed by atoms with Crippen LogP contribution in [0.15, 0.2) is 30.8 Å². The van der Waals surface area contributed by atoms with Crippen molar-refractivity contribution in [3.8, 4) is 0 Å². The number of rotatable bonds is 3. The third kappa shape index (κ3) is 2.47. The third-order valence-electron chi connectivity index (χ3n) is 2.97. The summed E-state index contributed by atoms with van der Waals surface area (Å²) in [6, 6.07) is 8.62. The quantitative estimate of drug-likeness (QED) is 0.663. The van der Waals surface area contributed by atoms with Gasteiger partial charge >= 0.3 is 0 Å². The zero-order chi connectivity index (χ0) is 10.7. The summed E-state index contributed by atoms with van der Waals surface area (Å²) in [7, 11) is 0. The van der Waals surface area contributed by atoms with Gasteiger partial charge in [-0.05, 0) is 29.9 Å². The number of hydrogen-bond donors (Lipinski definition) is 0. The zero-order valence-electron chi connectivity index (χ0n) is 9.67. The van der Waals surface area contributed by atoms with E-state index in [9.17, 15) is 0 Å². The lowest BCUT2D eigenvalue weighted by molar-refractivity contribution is 0.518. The van der Waals surface area contributed by atoms with Crippen molar-refractivity contribution >= 4 is 5.57 Å². The fourth-order valence-corrected chi connectivity index (χ4v) is 1.43. The minimum atomic E-state index is 0.553. The average molecular weight is 188 g/mol. The number of aryl methyl sites for hydroxylation is 1. The van der Waals surface area contributed by atoms with Gasteiger partial charge in [0.15, 0.2) is 0 Å². The van der Waals surface area contributed by atoms with Crippen molar-refractivity contribution in [2.24, 2.45) is 11.8 Å². The van der Waals surface area contributed by atoms with E-state index in [1.165, 1.54) is 16.7 Å². The maximum absolute atomic E-state index is 4.18. The van der Waals surface area contributed by atoms with Crippen LogP contribution in [0.2, 0.25) is 0 Å². The van der Waals surface area contributed by atoms with Crippen LogP contribution < -0.4 is 0 Å². The van der Waals surface area contributed by atoms with Gasteiger partial charge in [0.05, 0.1) is 0 Å². The molecular formula is C14H20. The maximum atomic E-state index is 4.18. The molecule has 0 nitrogen and oxygen atoms in total. The van der Waals surface area contributed by atoms with Gasteiger partial charge in [-0.3, -0.25) is 0 Å². The van der Waals surface area contributed by atoms with Gasteiger partial charge in [0.25, 0.3) is 0 Å². The molecule has 1 rings (SSSR count). The molecule has 1 aromatic rings. The Balaban J connectivity index is 2.84. The molecule has 0 aliphatic rings. The molecule has 0 fully saturated rings. The second kappa shape index (κ2) is 4.45. The van der Waals surface area contributed by atoms with Crippen LogP contribution in [0.5, 0.6) is 0 Å². The van der Waals surface area contributed by atoms with E-state index >= 15 is 0 Å². The smallest absolute Gasteiger partial charge is 0.0167 e. The van der Waals surface area contributed by atoms with E-state index in [1.807, 2.05) is 0 Å². The Morgan fingerprint density at radius 3 is 2.00 bits per heavy atom. The summed E-state index contributed by atoms with van der Waals surface area (Å²) in [5, 5.41) is 0. The lowest BCUT2D eigenvalue weighted by Crippen LogP contribution is -2.05. The molecule has 0 saturated carbocycles. The first kappa shape index (κ1) is 11.0. The summed E-state index contributed by atoms with van der Waals surface area (Å²) < 4.78 is 0. The fraction of sp³-hybridized carbons (Fsp3) is 0.429. The van der Waals surface area contributed by atoms with Gasteiger partial charge in [-0.25, -0.2) is 0 Å². The topological polar surface area (TPSA) is 0 Å². The van der Waals surface area contributed by atoms with Crippen LogP contribution in [0.25, 0.3) is 5.57 Å². The van der Waals surface area contributed by atoms with Crippen molar-refractivity contribution in [3.63, 3.8) is 0 Å². The highest BCUT2D eigenvalue weighted by molar-refractivity contribution is 5.65. The second-order valence-electron chi connectivity index (χ2n) is 4.42. The first-order valence-electron chi connectivity index (χ1n) is 5.28. The minimum absolute atomic E-state index is 0.553. The molecule has 0 N–H and O–H groups in total. The van der Waals surface area contributed by atoms with E-state index < -0.39 is 0 Å². The molecule has 0 aliphatic carbocycles. The van der Waals surface area contributed by atoms with Crippen LogP contribution in [-0.4, -0.2) is 0 Å². The van der Waals surface area contributed by atoms with Gasteiger partial charge in [0, 0.05) is 0 Å². The van der Waals surface area contributed by atoms with Gasteiger partial charge in [-0.1, -0.05) is 57.2 Å². The van der Waals surface area contributed by atoms with E-state index in [0.29, 0.717) is 11.8 Å². The molecule has 0 saturated heterocycles. The van der Waals surface area contributed by atoms with Crippen LogP contribution in [-0.2, 0) is 0 Å². The van der Waals surface area contributed by atoms with Gasteiger partial charge in [0.1, 0.15) is 0 Å². The zero-order valence-corrected chi connectivity index (χ0v) is 9.67. The summed E-state index contributed by atoms with van der Waals surface area (Å²) in [5.41, 5.74) is 3.83. The van der Waals surface area contributed by atoms with Crippen molar-refractivity contribution < 1.29 is 0 Å². The van der Waals surface area contributed by atoms with Gasteiger partial charge in [-0.2, -0.15) is 0 Å². The Hall–Kier alpha value is -1.04. The Kier molecular flexibility index (Phi) is 3.51. The van der Waals surface area contributed by atoms with E-state index in [0.717, 1.165) is 0 Å². The summed E-state index contributed by atoms with van der Waals surface area (Å²) in [5.74, 6) is 1.21. The minimum Gasteiger partial charge on any atom is -0.0950 e. The first-order chi connectivity index (χ1) is 6.52. The fourth-order valence-electron chi connectivity index (χ4n) is 1.43. The molecule has 1 aromatic carbocycles. The number of allylic oxidation sites excluding steroid dienone is 1. The molecule has 0 aliphatic heterocycles. The standard InChI is InChI=1S/C14H20/c1-10(2)12(4)13(5)14-8-6-11(3)7-9-14/h6-10,12H,5H2,1-4H3. The molecule has 0 heteroatoms. The lowest BCUT2D eigenvalue weighted by Gasteiger charge is -2.18. The van der Waals surface area contributed by atoms with Crippen LogP contribution in [0.4, 0.5) is 0 Å². The first-order valence-corrected chi connectivity index (χ1v) is 5.28. The van der Waals surface area contributed by atoms with Crippen LogP contribution in [0.3, 0.4) is 0 Å². The largest absolute Gasteiger partial charge is 0.0950 e. The van der Waals surface area contributed by atoms with E-state index in [1.54, 1.807) is 0 Å². The summed E-state index contributed by atoms with van der Waals surface area (Å²) in [6.07, 6.45) is 0. The third-order valence-corrected chi connectivity index (χ3v) is 2.97. The highest BCUT2D eigenvalue weighted by Crippen LogP contribution is 2.27. The van der Waals surface area contributed by atoms with Gasteiger partial charge < -0.3 is 0 Å².